The predicted molar refractivity (Wildman–Crippen MR) is 189 cm³/mol. The molecule has 5 aliphatic rings. The van der Waals surface area contributed by atoms with Crippen LogP contribution < -0.4 is 24.8 Å². The monoisotopic (exact) mass is 649 g/mol. The molecule has 0 saturated heterocycles. The first-order valence-electron chi connectivity index (χ1n) is 17.0. The van der Waals surface area contributed by atoms with E-state index in [9.17, 15) is 4.79 Å². The molecule has 3 N–H and O–H groups in total. The number of nitrogens with one attached hydrogen (secondary N) is 1. The molecule has 0 spiro atoms. The number of carbonyl (C=O) groups excluding carboxylic acids is 1. The van der Waals surface area contributed by atoms with Crippen LogP contribution in [-0.4, -0.2) is 41.3 Å². The standard InChI is InChI=1S/C35H55N5O3Si2/c1-33(2,3)44(8,9)42-26-18-25(40-20-39-31(36)29-32(40)38-19-37-29)28-22-16-17-35(7)24(14-15-27(35)41)21(22)12-13-23(28)30(26)43-45(10,11)34(4,5)6/h18-22,24,32H,12-17,36H2,1-11H3,(H,37,38). The molecule has 0 aromatic heterocycles. The zero-order valence-corrected chi connectivity index (χ0v) is 31.4. The Kier molecular flexibility index (Phi) is 7.52. The van der Waals surface area contributed by atoms with Crippen LogP contribution in [0.4, 0.5) is 5.69 Å². The molecule has 1 aromatic carbocycles. The van der Waals surface area contributed by atoms with E-state index in [0.29, 0.717) is 29.4 Å². The number of benzene rings is 1. The Hall–Kier alpha value is -2.60. The van der Waals surface area contributed by atoms with E-state index in [1.165, 1.54) is 11.1 Å². The van der Waals surface area contributed by atoms with Crippen molar-refractivity contribution in [2.24, 2.45) is 33.0 Å². The van der Waals surface area contributed by atoms with Crippen LogP contribution in [0.15, 0.2) is 27.6 Å². The largest absolute Gasteiger partial charge is 0.541 e. The summed E-state index contributed by atoms with van der Waals surface area (Å²) in [6.07, 6.45) is 8.90. The van der Waals surface area contributed by atoms with Gasteiger partial charge in [-0.25, -0.2) is 9.98 Å². The van der Waals surface area contributed by atoms with Crippen molar-refractivity contribution in [1.29, 1.82) is 0 Å². The molecule has 2 heterocycles. The zero-order valence-electron chi connectivity index (χ0n) is 29.4. The minimum atomic E-state index is -2.25. The van der Waals surface area contributed by atoms with E-state index in [4.69, 9.17) is 19.6 Å². The Labute approximate surface area is 272 Å². The second-order valence-corrected chi connectivity index (χ2v) is 26.9. The minimum absolute atomic E-state index is 0.0157. The number of nitrogens with two attached hydrogens (primary N) is 1. The van der Waals surface area contributed by atoms with E-state index in [1.807, 2.05) is 6.34 Å². The molecule has 10 heteroatoms. The number of carbonyl (C=O) groups is 1. The number of aliphatic imine (C=N–C) groups is 2. The summed E-state index contributed by atoms with van der Waals surface area (Å²) in [7, 11) is -4.49. The van der Waals surface area contributed by atoms with Crippen LogP contribution in [0, 0.1) is 17.3 Å². The molecule has 45 heavy (non-hydrogen) atoms. The van der Waals surface area contributed by atoms with Gasteiger partial charge in [-0.15, -0.1) is 0 Å². The summed E-state index contributed by atoms with van der Waals surface area (Å²) in [4.78, 5) is 24.8. The van der Waals surface area contributed by atoms with Gasteiger partial charge in [0, 0.05) is 23.5 Å². The second kappa shape index (κ2) is 10.5. The van der Waals surface area contributed by atoms with Gasteiger partial charge in [-0.2, -0.15) is 0 Å². The van der Waals surface area contributed by atoms with Crippen molar-refractivity contribution < 1.29 is 13.6 Å². The molecule has 2 aliphatic heterocycles. The van der Waals surface area contributed by atoms with Crippen molar-refractivity contribution in [3.8, 4) is 11.5 Å². The third-order valence-corrected chi connectivity index (χ3v) is 21.4. The second-order valence-electron chi connectivity index (χ2n) is 17.4. The number of ketones is 1. The van der Waals surface area contributed by atoms with Gasteiger partial charge in [0.15, 0.2) is 6.17 Å². The number of fused-ring (bicyclic) bond motifs is 6. The van der Waals surface area contributed by atoms with Crippen LogP contribution in [0.1, 0.15) is 97.6 Å². The number of anilines is 1. The predicted octanol–water partition coefficient (Wildman–Crippen LogP) is 7.81. The fourth-order valence-corrected chi connectivity index (χ4v) is 9.97. The Bertz CT molecular complexity index is 1500. The molecule has 5 atom stereocenters. The van der Waals surface area contributed by atoms with Gasteiger partial charge in [0.05, 0.1) is 18.4 Å². The van der Waals surface area contributed by atoms with E-state index in [2.05, 4.69) is 95.9 Å². The third-order valence-electron chi connectivity index (χ3n) is 12.8. The topological polar surface area (TPSA) is 102 Å². The lowest BCUT2D eigenvalue weighted by Gasteiger charge is -2.50. The number of hydrogen-bond acceptors (Lipinski definition) is 8. The number of Topliss-reactive ketones (excluding diaryl/α,β-unsaturated/α-hetero) is 1. The van der Waals surface area contributed by atoms with Gasteiger partial charge in [-0.05, 0) is 91.7 Å². The lowest BCUT2D eigenvalue weighted by molar-refractivity contribution is -0.129. The van der Waals surface area contributed by atoms with E-state index < -0.39 is 16.6 Å². The number of nitrogens with zero attached hydrogens (tertiary/aromatic N) is 3. The number of rotatable bonds is 5. The smallest absolute Gasteiger partial charge is 0.250 e. The molecular formula is C35H55N5O3Si2. The Balaban J connectivity index is 1.59. The van der Waals surface area contributed by atoms with E-state index in [1.54, 1.807) is 6.34 Å². The molecule has 3 aliphatic carbocycles. The van der Waals surface area contributed by atoms with E-state index >= 15 is 0 Å². The Morgan fingerprint density at radius 2 is 1.67 bits per heavy atom. The maximum atomic E-state index is 13.2. The highest BCUT2D eigenvalue weighted by molar-refractivity contribution is 6.75. The first kappa shape index (κ1) is 32.3. The molecule has 8 nitrogen and oxygen atoms in total. The zero-order chi connectivity index (χ0) is 32.9. The van der Waals surface area contributed by atoms with Crippen LogP contribution in [0.5, 0.6) is 11.5 Å². The fraction of sp³-hybridized carbons (Fsp3) is 0.686. The summed E-state index contributed by atoms with van der Waals surface area (Å²) >= 11 is 0. The molecule has 0 radical (unpaired) electrons. The summed E-state index contributed by atoms with van der Waals surface area (Å²) in [5.41, 5.74) is 10.7. The molecule has 246 valence electrons. The highest BCUT2D eigenvalue weighted by Gasteiger charge is 2.56. The minimum Gasteiger partial charge on any atom is -0.541 e. The van der Waals surface area contributed by atoms with Crippen molar-refractivity contribution in [3.63, 3.8) is 0 Å². The molecular weight excluding hydrogens is 595 g/mol. The SMILES string of the molecule is CC12CCC3c4c(N5C=NC(N)=C6NC=NC65)cc(O[Si](C)(C)C(C)(C)C)c(O[Si](C)(C)C(C)(C)C)c4CCC3C1CCC2=O. The van der Waals surface area contributed by atoms with Crippen LogP contribution >= 0.6 is 0 Å². The number of hydrogen-bond donors (Lipinski definition) is 2. The van der Waals surface area contributed by atoms with Crippen molar-refractivity contribution in [2.75, 3.05) is 4.90 Å². The van der Waals surface area contributed by atoms with Crippen LogP contribution in [0.2, 0.25) is 36.3 Å². The van der Waals surface area contributed by atoms with Crippen molar-refractivity contribution in [3.05, 3.63) is 28.7 Å². The normalized spacial score (nSPS) is 29.7. The summed E-state index contributed by atoms with van der Waals surface area (Å²) in [6.45, 7) is 25.3. The molecule has 0 amide bonds. The van der Waals surface area contributed by atoms with Crippen molar-refractivity contribution >= 4 is 40.8 Å². The Morgan fingerprint density at radius 3 is 2.33 bits per heavy atom. The van der Waals surface area contributed by atoms with Gasteiger partial charge < -0.3 is 24.8 Å². The van der Waals surface area contributed by atoms with Crippen LogP contribution in [-0.2, 0) is 11.2 Å². The highest BCUT2D eigenvalue weighted by Crippen LogP contribution is 2.63. The van der Waals surface area contributed by atoms with Crippen LogP contribution in [0.3, 0.4) is 0 Å². The lowest BCUT2D eigenvalue weighted by Crippen LogP contribution is -2.47. The summed E-state index contributed by atoms with van der Waals surface area (Å²) < 4.78 is 14.6. The average Bonchev–Trinajstić information content (AvgIpc) is 3.54. The van der Waals surface area contributed by atoms with Crippen LogP contribution in [0.25, 0.3) is 0 Å². The third kappa shape index (κ3) is 5.09. The molecule has 6 rings (SSSR count). The van der Waals surface area contributed by atoms with E-state index in [0.717, 1.165) is 61.4 Å². The first-order valence-corrected chi connectivity index (χ1v) is 22.8. The maximum absolute atomic E-state index is 13.2. The maximum Gasteiger partial charge on any atom is 0.250 e. The van der Waals surface area contributed by atoms with Gasteiger partial charge in [0.2, 0.25) is 0 Å². The molecule has 0 bridgehead atoms. The molecule has 5 unspecified atom stereocenters. The highest BCUT2D eigenvalue weighted by atomic mass is 28.4. The molecule has 2 fully saturated rings. The van der Waals surface area contributed by atoms with Gasteiger partial charge in [0.25, 0.3) is 16.6 Å². The fourth-order valence-electron chi connectivity index (χ4n) is 7.92. The van der Waals surface area contributed by atoms with Gasteiger partial charge in [-0.3, -0.25) is 4.79 Å². The lowest BCUT2D eigenvalue weighted by atomic mass is 9.55. The summed E-state index contributed by atoms with van der Waals surface area (Å²) in [5, 5.41) is 3.29. The van der Waals surface area contributed by atoms with Gasteiger partial charge in [-0.1, -0.05) is 48.5 Å². The van der Waals surface area contributed by atoms with Crippen molar-refractivity contribution in [1.82, 2.24) is 5.32 Å². The summed E-state index contributed by atoms with van der Waals surface area (Å²) in [6, 6.07) is 2.25. The quantitative estimate of drug-likeness (QED) is 0.316. The van der Waals surface area contributed by atoms with Gasteiger partial charge >= 0.3 is 0 Å². The Morgan fingerprint density at radius 1 is 1.00 bits per heavy atom. The average molecular weight is 650 g/mol. The summed E-state index contributed by atoms with van der Waals surface area (Å²) in [5.74, 6) is 3.95. The first-order chi connectivity index (χ1) is 20.8. The van der Waals surface area contributed by atoms with Gasteiger partial charge in [0.1, 0.15) is 28.8 Å². The van der Waals surface area contributed by atoms with Crippen molar-refractivity contribution in [2.45, 2.75) is 135 Å². The molecule has 1 aromatic rings. The molecule has 2 saturated carbocycles. The van der Waals surface area contributed by atoms with E-state index in [-0.39, 0.29) is 21.7 Å².